The van der Waals surface area contributed by atoms with Crippen LogP contribution in [0.2, 0.25) is 0 Å². The van der Waals surface area contributed by atoms with Crippen molar-refractivity contribution >= 4 is 5.91 Å². The van der Waals surface area contributed by atoms with E-state index in [4.69, 9.17) is 11.5 Å². The van der Waals surface area contributed by atoms with Crippen LogP contribution in [0.25, 0.3) is 0 Å². The first-order valence-corrected chi connectivity index (χ1v) is 4.58. The molecular formula is C8H18N4O. The smallest absolute Gasteiger partial charge is 0.240 e. The zero-order chi connectivity index (χ0) is 9.84. The SMILES string of the molecule is CN1CCN(C(=O)[C@H](N)CN)CC1. The summed E-state index contributed by atoms with van der Waals surface area (Å²) in [6.07, 6.45) is 0. The first-order valence-electron chi connectivity index (χ1n) is 4.58. The molecule has 1 amide bonds. The average Bonchev–Trinajstić information content (AvgIpc) is 2.17. The number of hydrogen-bond donors (Lipinski definition) is 2. The Balaban J connectivity index is 2.40. The van der Waals surface area contributed by atoms with E-state index in [-0.39, 0.29) is 12.5 Å². The van der Waals surface area contributed by atoms with E-state index in [2.05, 4.69) is 4.90 Å². The van der Waals surface area contributed by atoms with E-state index < -0.39 is 6.04 Å². The third kappa shape index (κ3) is 2.65. The molecule has 5 nitrogen and oxygen atoms in total. The molecular weight excluding hydrogens is 168 g/mol. The maximum Gasteiger partial charge on any atom is 0.240 e. The van der Waals surface area contributed by atoms with Gasteiger partial charge in [-0.25, -0.2) is 0 Å². The van der Waals surface area contributed by atoms with Gasteiger partial charge in [0, 0.05) is 32.7 Å². The van der Waals surface area contributed by atoms with E-state index in [1.807, 2.05) is 7.05 Å². The normalized spacial score (nSPS) is 21.6. The molecule has 0 spiro atoms. The molecule has 0 aromatic heterocycles. The topological polar surface area (TPSA) is 75.6 Å². The average molecular weight is 186 g/mol. The monoisotopic (exact) mass is 186 g/mol. The molecule has 0 saturated carbocycles. The van der Waals surface area contributed by atoms with E-state index in [0.717, 1.165) is 26.2 Å². The molecule has 5 heteroatoms. The molecule has 1 rings (SSSR count). The highest BCUT2D eigenvalue weighted by Gasteiger charge is 2.22. The van der Waals surface area contributed by atoms with E-state index in [0.29, 0.717) is 0 Å². The zero-order valence-corrected chi connectivity index (χ0v) is 8.07. The lowest BCUT2D eigenvalue weighted by Crippen LogP contribution is -2.54. The summed E-state index contributed by atoms with van der Waals surface area (Å²) in [6, 6.07) is -0.525. The van der Waals surface area contributed by atoms with Gasteiger partial charge in [0.05, 0.1) is 6.04 Å². The van der Waals surface area contributed by atoms with Crippen molar-refractivity contribution < 1.29 is 4.79 Å². The molecule has 1 aliphatic rings. The number of hydrogen-bond acceptors (Lipinski definition) is 4. The quantitative estimate of drug-likeness (QED) is 0.525. The number of amides is 1. The largest absolute Gasteiger partial charge is 0.339 e. The Labute approximate surface area is 78.6 Å². The van der Waals surface area contributed by atoms with Crippen LogP contribution in [0.4, 0.5) is 0 Å². The summed E-state index contributed by atoms with van der Waals surface area (Å²) in [5.74, 6) is -0.0180. The molecule has 4 N–H and O–H groups in total. The number of carbonyl (C=O) groups is 1. The summed E-state index contributed by atoms with van der Waals surface area (Å²) >= 11 is 0. The van der Waals surface area contributed by atoms with Crippen molar-refractivity contribution in [3.63, 3.8) is 0 Å². The van der Waals surface area contributed by atoms with Crippen LogP contribution in [0.15, 0.2) is 0 Å². The predicted molar refractivity (Wildman–Crippen MR) is 51.1 cm³/mol. The number of likely N-dealkylation sites (N-methyl/N-ethyl adjacent to an activating group) is 1. The van der Waals surface area contributed by atoms with Gasteiger partial charge >= 0.3 is 0 Å². The second kappa shape index (κ2) is 4.55. The molecule has 0 bridgehead atoms. The van der Waals surface area contributed by atoms with Gasteiger partial charge in [-0.15, -0.1) is 0 Å². The van der Waals surface area contributed by atoms with Gasteiger partial charge in [0.25, 0.3) is 0 Å². The van der Waals surface area contributed by atoms with Crippen LogP contribution in [0, 0.1) is 0 Å². The van der Waals surface area contributed by atoms with Crippen molar-refractivity contribution in [2.75, 3.05) is 39.8 Å². The summed E-state index contributed by atoms with van der Waals surface area (Å²) in [6.45, 7) is 3.60. The lowest BCUT2D eigenvalue weighted by Gasteiger charge is -2.33. The lowest BCUT2D eigenvalue weighted by atomic mass is 10.2. The number of nitrogens with two attached hydrogens (primary N) is 2. The van der Waals surface area contributed by atoms with Crippen molar-refractivity contribution in [3.8, 4) is 0 Å². The first kappa shape index (κ1) is 10.4. The molecule has 13 heavy (non-hydrogen) atoms. The van der Waals surface area contributed by atoms with Gasteiger partial charge in [-0.1, -0.05) is 0 Å². The summed E-state index contributed by atoms with van der Waals surface area (Å²) in [5, 5.41) is 0. The minimum Gasteiger partial charge on any atom is -0.339 e. The van der Waals surface area contributed by atoms with Gasteiger partial charge in [-0.3, -0.25) is 4.79 Å². The van der Waals surface area contributed by atoms with Crippen molar-refractivity contribution in [3.05, 3.63) is 0 Å². The minimum atomic E-state index is -0.525. The number of nitrogens with zero attached hydrogens (tertiary/aromatic N) is 2. The van der Waals surface area contributed by atoms with E-state index in [9.17, 15) is 4.79 Å². The summed E-state index contributed by atoms with van der Waals surface area (Å²) < 4.78 is 0. The highest BCUT2D eigenvalue weighted by molar-refractivity contribution is 5.82. The maximum absolute atomic E-state index is 11.5. The van der Waals surface area contributed by atoms with Gasteiger partial charge in [0.2, 0.25) is 5.91 Å². The molecule has 0 radical (unpaired) electrons. The maximum atomic E-state index is 11.5. The molecule has 1 saturated heterocycles. The molecule has 0 aromatic carbocycles. The Morgan fingerprint density at radius 3 is 2.38 bits per heavy atom. The standard InChI is InChI=1S/C8H18N4O/c1-11-2-4-12(5-3-11)8(13)7(10)6-9/h7H,2-6,9-10H2,1H3/t7-/m1/s1. The highest BCUT2D eigenvalue weighted by Crippen LogP contribution is 2.00. The van der Waals surface area contributed by atoms with Crippen LogP contribution in [-0.4, -0.2) is 61.5 Å². The van der Waals surface area contributed by atoms with Crippen molar-refractivity contribution in [1.29, 1.82) is 0 Å². The molecule has 76 valence electrons. The van der Waals surface area contributed by atoms with Crippen LogP contribution in [0.5, 0.6) is 0 Å². The Morgan fingerprint density at radius 2 is 1.92 bits per heavy atom. The second-order valence-electron chi connectivity index (χ2n) is 3.47. The van der Waals surface area contributed by atoms with Crippen LogP contribution in [0.3, 0.4) is 0 Å². The third-order valence-electron chi connectivity index (χ3n) is 2.39. The molecule has 1 aliphatic heterocycles. The van der Waals surface area contributed by atoms with E-state index in [1.165, 1.54) is 0 Å². The van der Waals surface area contributed by atoms with Crippen LogP contribution >= 0.6 is 0 Å². The molecule has 1 fully saturated rings. The molecule has 0 aliphatic carbocycles. The molecule has 0 aromatic rings. The Morgan fingerprint density at radius 1 is 1.38 bits per heavy atom. The Kier molecular flexibility index (Phi) is 3.65. The Bertz CT molecular complexity index is 177. The summed E-state index contributed by atoms with van der Waals surface area (Å²) in [5.41, 5.74) is 10.9. The van der Waals surface area contributed by atoms with Gasteiger partial charge in [0.1, 0.15) is 0 Å². The highest BCUT2D eigenvalue weighted by atomic mass is 16.2. The molecule has 0 unspecified atom stereocenters. The van der Waals surface area contributed by atoms with Gasteiger partial charge in [-0.2, -0.15) is 0 Å². The van der Waals surface area contributed by atoms with Crippen LogP contribution in [0.1, 0.15) is 0 Å². The fourth-order valence-corrected chi connectivity index (χ4v) is 1.36. The number of carbonyl (C=O) groups excluding carboxylic acids is 1. The third-order valence-corrected chi connectivity index (χ3v) is 2.39. The number of rotatable bonds is 2. The lowest BCUT2D eigenvalue weighted by molar-refractivity contribution is -0.133. The van der Waals surface area contributed by atoms with Crippen molar-refractivity contribution in [2.24, 2.45) is 11.5 Å². The minimum absolute atomic E-state index is 0.0180. The van der Waals surface area contributed by atoms with Gasteiger partial charge in [0.15, 0.2) is 0 Å². The molecule has 1 atom stereocenters. The van der Waals surface area contributed by atoms with E-state index in [1.54, 1.807) is 4.90 Å². The van der Waals surface area contributed by atoms with Crippen LogP contribution in [-0.2, 0) is 4.79 Å². The zero-order valence-electron chi connectivity index (χ0n) is 8.07. The summed E-state index contributed by atoms with van der Waals surface area (Å²) in [4.78, 5) is 15.5. The summed E-state index contributed by atoms with van der Waals surface area (Å²) in [7, 11) is 2.05. The van der Waals surface area contributed by atoms with E-state index >= 15 is 0 Å². The van der Waals surface area contributed by atoms with Crippen molar-refractivity contribution in [2.45, 2.75) is 6.04 Å². The van der Waals surface area contributed by atoms with Gasteiger partial charge in [-0.05, 0) is 7.05 Å². The first-order chi connectivity index (χ1) is 6.15. The predicted octanol–water partition coefficient (Wildman–Crippen LogP) is -1.95. The fourth-order valence-electron chi connectivity index (χ4n) is 1.36. The Hall–Kier alpha value is -0.650. The molecule has 1 heterocycles. The van der Waals surface area contributed by atoms with Crippen LogP contribution < -0.4 is 11.5 Å². The van der Waals surface area contributed by atoms with Gasteiger partial charge < -0.3 is 21.3 Å². The van der Waals surface area contributed by atoms with Crippen molar-refractivity contribution in [1.82, 2.24) is 9.80 Å². The number of piperazine rings is 1. The fraction of sp³-hybridized carbons (Fsp3) is 0.875. The second-order valence-corrected chi connectivity index (χ2v) is 3.47.